The fourth-order valence-electron chi connectivity index (χ4n) is 4.54. The number of benzene rings is 2. The van der Waals surface area contributed by atoms with Gasteiger partial charge in [-0.05, 0) is 35.1 Å². The number of carbonyl (C=O) groups is 3. The third-order valence-corrected chi connectivity index (χ3v) is 7.12. The van der Waals surface area contributed by atoms with Crippen molar-refractivity contribution in [2.75, 3.05) is 18.5 Å². The number of fused-ring (bicyclic) bond motifs is 3. The summed E-state index contributed by atoms with van der Waals surface area (Å²) in [5.41, 5.74) is 5.14. The van der Waals surface area contributed by atoms with Crippen molar-refractivity contribution in [2.24, 2.45) is 0 Å². The summed E-state index contributed by atoms with van der Waals surface area (Å²) in [6, 6.07) is 16.4. The maximum Gasteiger partial charge on any atom is 0.413 e. The van der Waals surface area contributed by atoms with Crippen LogP contribution >= 0.6 is 11.3 Å². The summed E-state index contributed by atoms with van der Waals surface area (Å²) in [5, 5.41) is 13.7. The van der Waals surface area contributed by atoms with E-state index in [0.29, 0.717) is 10.8 Å². The Hall–Kier alpha value is -3.72. The number of carboxylic acids is 1. The number of nitrogens with one attached hydrogen (secondary N) is 1. The molecule has 0 aliphatic heterocycles. The van der Waals surface area contributed by atoms with Gasteiger partial charge >= 0.3 is 12.1 Å². The Morgan fingerprint density at radius 3 is 2.34 bits per heavy atom. The molecule has 2 aliphatic carbocycles. The Bertz CT molecular complexity index is 1220. The molecule has 1 saturated carbocycles. The first-order valence-corrected chi connectivity index (χ1v) is 12.4. The monoisotopic (exact) mass is 491 g/mol. The fourth-order valence-corrected chi connectivity index (χ4v) is 5.23. The highest BCUT2D eigenvalue weighted by molar-refractivity contribution is 7.13. The van der Waals surface area contributed by atoms with Gasteiger partial charge in [0.2, 0.25) is 5.91 Å². The van der Waals surface area contributed by atoms with Crippen LogP contribution in [0.1, 0.15) is 42.0 Å². The van der Waals surface area contributed by atoms with Gasteiger partial charge < -0.3 is 14.7 Å². The maximum atomic E-state index is 12.7. The summed E-state index contributed by atoms with van der Waals surface area (Å²) < 4.78 is 5.55. The van der Waals surface area contributed by atoms with Crippen molar-refractivity contribution < 1.29 is 24.2 Å². The molecule has 5 rings (SSSR count). The molecule has 0 saturated heterocycles. The first-order chi connectivity index (χ1) is 17.0. The normalized spacial score (nSPS) is 14.2. The van der Waals surface area contributed by atoms with Gasteiger partial charge in [-0.2, -0.15) is 0 Å². The molecule has 180 valence electrons. The average Bonchev–Trinajstić information content (AvgIpc) is 3.50. The first kappa shape index (κ1) is 23.0. The van der Waals surface area contributed by atoms with Gasteiger partial charge in [-0.25, -0.2) is 9.78 Å². The molecule has 2 aromatic carbocycles. The smallest absolute Gasteiger partial charge is 0.413 e. The Kier molecular flexibility index (Phi) is 6.50. The van der Waals surface area contributed by atoms with E-state index in [0.717, 1.165) is 35.1 Å². The van der Waals surface area contributed by atoms with Gasteiger partial charge in [-0.1, -0.05) is 48.5 Å². The second-order valence-corrected chi connectivity index (χ2v) is 9.59. The SMILES string of the molecule is O=C(O)CCN(C(=O)Cc1csc(NC(=O)OCC2c3ccccc3-c3ccccc32)n1)C1CC1. The lowest BCUT2D eigenvalue weighted by molar-refractivity contribution is -0.138. The number of carbonyl (C=O) groups excluding carboxylic acids is 2. The summed E-state index contributed by atoms with van der Waals surface area (Å²) >= 11 is 1.22. The molecule has 0 spiro atoms. The number of anilines is 1. The van der Waals surface area contributed by atoms with Crippen LogP contribution in [0.15, 0.2) is 53.9 Å². The van der Waals surface area contributed by atoms with Gasteiger partial charge in [0.05, 0.1) is 18.5 Å². The van der Waals surface area contributed by atoms with E-state index in [2.05, 4.69) is 34.6 Å². The Balaban J connectivity index is 1.16. The Morgan fingerprint density at radius 1 is 1.06 bits per heavy atom. The molecule has 8 nitrogen and oxygen atoms in total. The molecule has 0 radical (unpaired) electrons. The molecule has 3 aromatic rings. The third-order valence-electron chi connectivity index (χ3n) is 6.31. The van der Waals surface area contributed by atoms with Gasteiger partial charge in [0.1, 0.15) is 6.61 Å². The van der Waals surface area contributed by atoms with Crippen LogP contribution in [0.2, 0.25) is 0 Å². The fraction of sp³-hybridized carbons (Fsp3) is 0.308. The van der Waals surface area contributed by atoms with Gasteiger partial charge in [0.15, 0.2) is 5.13 Å². The van der Waals surface area contributed by atoms with E-state index >= 15 is 0 Å². The molecule has 1 fully saturated rings. The summed E-state index contributed by atoms with van der Waals surface area (Å²) in [4.78, 5) is 42.0. The highest BCUT2D eigenvalue weighted by Gasteiger charge is 2.33. The lowest BCUT2D eigenvalue weighted by atomic mass is 9.98. The highest BCUT2D eigenvalue weighted by Crippen LogP contribution is 2.44. The molecule has 2 aliphatic rings. The second kappa shape index (κ2) is 9.87. The number of ether oxygens (including phenoxy) is 1. The third kappa shape index (κ3) is 5.19. The molecule has 2 amide bonds. The predicted molar refractivity (Wildman–Crippen MR) is 131 cm³/mol. The summed E-state index contributed by atoms with van der Waals surface area (Å²) in [6.45, 7) is 0.407. The Morgan fingerprint density at radius 2 is 1.71 bits per heavy atom. The minimum Gasteiger partial charge on any atom is -0.481 e. The van der Waals surface area contributed by atoms with Crippen molar-refractivity contribution in [1.29, 1.82) is 0 Å². The zero-order chi connectivity index (χ0) is 24.4. The van der Waals surface area contributed by atoms with Crippen molar-refractivity contribution in [3.05, 3.63) is 70.7 Å². The van der Waals surface area contributed by atoms with E-state index in [1.165, 1.54) is 11.3 Å². The van der Waals surface area contributed by atoms with Crippen molar-refractivity contribution in [3.63, 3.8) is 0 Å². The predicted octanol–water partition coefficient (Wildman–Crippen LogP) is 4.51. The van der Waals surface area contributed by atoms with Crippen LogP contribution in [0, 0.1) is 0 Å². The number of nitrogens with zero attached hydrogens (tertiary/aromatic N) is 2. The van der Waals surface area contributed by atoms with Gasteiger partial charge in [-0.3, -0.25) is 14.9 Å². The van der Waals surface area contributed by atoms with E-state index in [-0.39, 0.29) is 43.9 Å². The van der Waals surface area contributed by atoms with Gasteiger partial charge in [0.25, 0.3) is 0 Å². The van der Waals surface area contributed by atoms with Crippen molar-refractivity contribution in [1.82, 2.24) is 9.88 Å². The largest absolute Gasteiger partial charge is 0.481 e. The molecule has 0 bridgehead atoms. The van der Waals surface area contributed by atoms with Crippen molar-refractivity contribution in [3.8, 4) is 11.1 Å². The number of rotatable bonds is 9. The number of carboxylic acid groups (broad SMARTS) is 1. The molecule has 1 heterocycles. The van der Waals surface area contributed by atoms with Gasteiger partial charge in [0, 0.05) is 23.9 Å². The number of hydrogen-bond donors (Lipinski definition) is 2. The van der Waals surface area contributed by atoms with E-state index in [4.69, 9.17) is 9.84 Å². The summed E-state index contributed by atoms with van der Waals surface area (Å²) in [7, 11) is 0. The first-order valence-electron chi connectivity index (χ1n) is 11.6. The number of hydrogen-bond acceptors (Lipinski definition) is 6. The summed E-state index contributed by atoms with van der Waals surface area (Å²) in [6.07, 6.45) is 1.20. The highest BCUT2D eigenvalue weighted by atomic mass is 32.1. The minimum absolute atomic E-state index is 0.0307. The number of thiazole rings is 1. The number of aliphatic carboxylic acids is 1. The zero-order valence-corrected chi connectivity index (χ0v) is 19.8. The van der Waals surface area contributed by atoms with Crippen LogP contribution in [-0.2, 0) is 20.7 Å². The standard InChI is InChI=1S/C26H25N3O5S/c30-23(29(17-9-10-17)12-11-24(31)32)13-16-15-35-25(27-16)28-26(33)34-14-22-20-7-3-1-5-18(20)19-6-2-4-8-21(19)22/h1-8,15,17,22H,9-14H2,(H,31,32)(H,27,28,33). The van der Waals surface area contributed by atoms with Gasteiger partial charge in [-0.15, -0.1) is 11.3 Å². The lowest BCUT2D eigenvalue weighted by Crippen LogP contribution is -2.36. The zero-order valence-electron chi connectivity index (χ0n) is 19.0. The molecule has 2 N–H and O–H groups in total. The number of aromatic nitrogens is 1. The maximum absolute atomic E-state index is 12.7. The minimum atomic E-state index is -0.924. The van der Waals surface area contributed by atoms with Crippen LogP contribution in [0.3, 0.4) is 0 Å². The molecule has 0 unspecified atom stereocenters. The van der Waals surface area contributed by atoms with Crippen molar-refractivity contribution >= 4 is 34.4 Å². The van der Waals surface area contributed by atoms with Crippen molar-refractivity contribution in [2.45, 2.75) is 37.6 Å². The van der Waals surface area contributed by atoms with Crippen LogP contribution < -0.4 is 5.32 Å². The molecule has 9 heteroatoms. The van der Waals surface area contributed by atoms with Crippen LogP contribution in [0.4, 0.5) is 9.93 Å². The summed E-state index contributed by atoms with van der Waals surface area (Å²) in [5.74, 6) is -1.10. The molecular formula is C26H25N3O5S. The second-order valence-electron chi connectivity index (χ2n) is 8.73. The topological polar surface area (TPSA) is 109 Å². The average molecular weight is 492 g/mol. The van der Waals surface area contributed by atoms with E-state index in [1.54, 1.807) is 10.3 Å². The lowest BCUT2D eigenvalue weighted by Gasteiger charge is -2.21. The quantitative estimate of drug-likeness (QED) is 0.456. The molecular weight excluding hydrogens is 466 g/mol. The van der Waals surface area contributed by atoms with Crippen LogP contribution in [0.25, 0.3) is 11.1 Å². The van der Waals surface area contributed by atoms with Crippen LogP contribution in [0.5, 0.6) is 0 Å². The molecule has 35 heavy (non-hydrogen) atoms. The Labute approximate surface area is 206 Å². The number of amides is 2. The molecule has 1 aromatic heterocycles. The van der Waals surface area contributed by atoms with Crippen LogP contribution in [-0.4, -0.2) is 52.2 Å². The van der Waals surface area contributed by atoms with E-state index in [9.17, 15) is 14.4 Å². The van der Waals surface area contributed by atoms with E-state index in [1.807, 2.05) is 24.3 Å². The van der Waals surface area contributed by atoms with E-state index < -0.39 is 12.1 Å². The molecule has 0 atom stereocenters.